The molecule has 5 heteroatoms. The summed E-state index contributed by atoms with van der Waals surface area (Å²) >= 11 is 3.09. The Balaban J connectivity index is 2.39. The van der Waals surface area contributed by atoms with Crippen LogP contribution in [0.2, 0.25) is 0 Å². The number of nitrogen functional groups attached to an aromatic ring is 1. The van der Waals surface area contributed by atoms with Crippen molar-refractivity contribution in [2.45, 2.75) is 6.92 Å². The van der Waals surface area contributed by atoms with Crippen LogP contribution < -0.4 is 10.6 Å². The van der Waals surface area contributed by atoms with Gasteiger partial charge in [-0.15, -0.1) is 0 Å². The average Bonchev–Trinajstić information content (AvgIpc) is 2.44. The zero-order valence-corrected chi connectivity index (χ0v) is 12.5. The molecule has 0 radical (unpaired) electrons. The predicted molar refractivity (Wildman–Crippen MR) is 82.3 cm³/mol. The normalized spacial score (nSPS) is 10.3. The van der Waals surface area contributed by atoms with E-state index in [1.165, 1.54) is 11.0 Å². The van der Waals surface area contributed by atoms with Crippen LogP contribution in [0.15, 0.2) is 46.9 Å². The molecular formula is C15H14BrFN2O. The van der Waals surface area contributed by atoms with Crippen LogP contribution in [0.4, 0.5) is 15.8 Å². The lowest BCUT2D eigenvalue weighted by atomic mass is 10.1. The lowest BCUT2D eigenvalue weighted by Crippen LogP contribution is -2.31. The standard InChI is InChI=1S/C15H14BrFN2O/c1-2-19(11-8-6-10(18)7-9-11)15(20)12-4-3-5-13(16)14(12)17/h3-9H,2,18H2,1H3. The van der Waals surface area contributed by atoms with E-state index in [4.69, 9.17) is 5.73 Å². The van der Waals surface area contributed by atoms with E-state index >= 15 is 0 Å². The molecule has 0 aliphatic carbocycles. The predicted octanol–water partition coefficient (Wildman–Crippen LogP) is 3.84. The van der Waals surface area contributed by atoms with Crippen molar-refractivity contribution in [2.75, 3.05) is 17.2 Å². The van der Waals surface area contributed by atoms with Gasteiger partial charge in [0.15, 0.2) is 0 Å². The third-order valence-corrected chi connectivity index (χ3v) is 3.56. The Labute approximate surface area is 125 Å². The summed E-state index contributed by atoms with van der Waals surface area (Å²) in [7, 11) is 0. The van der Waals surface area contributed by atoms with Crippen molar-refractivity contribution in [1.82, 2.24) is 0 Å². The van der Waals surface area contributed by atoms with Crippen LogP contribution in [0.25, 0.3) is 0 Å². The van der Waals surface area contributed by atoms with Crippen molar-refractivity contribution < 1.29 is 9.18 Å². The molecule has 0 saturated heterocycles. The zero-order chi connectivity index (χ0) is 14.7. The molecule has 2 N–H and O–H groups in total. The number of amides is 1. The van der Waals surface area contributed by atoms with E-state index in [2.05, 4.69) is 15.9 Å². The number of carbonyl (C=O) groups excluding carboxylic acids is 1. The molecule has 0 saturated carbocycles. The Morgan fingerprint density at radius 3 is 2.50 bits per heavy atom. The first-order chi connectivity index (χ1) is 9.54. The van der Waals surface area contributed by atoms with Gasteiger partial charge in [-0.1, -0.05) is 6.07 Å². The molecule has 0 aliphatic heterocycles. The van der Waals surface area contributed by atoms with Gasteiger partial charge in [-0.25, -0.2) is 4.39 Å². The van der Waals surface area contributed by atoms with Gasteiger partial charge >= 0.3 is 0 Å². The Morgan fingerprint density at radius 2 is 1.90 bits per heavy atom. The van der Waals surface area contributed by atoms with Crippen molar-refractivity contribution in [1.29, 1.82) is 0 Å². The molecule has 0 bridgehead atoms. The highest BCUT2D eigenvalue weighted by Crippen LogP contribution is 2.23. The molecule has 0 aromatic heterocycles. The Hall–Kier alpha value is -1.88. The molecule has 20 heavy (non-hydrogen) atoms. The third-order valence-electron chi connectivity index (χ3n) is 2.95. The Bertz CT molecular complexity index is 628. The topological polar surface area (TPSA) is 46.3 Å². The molecule has 3 nitrogen and oxygen atoms in total. The second-order valence-electron chi connectivity index (χ2n) is 4.24. The molecule has 1 amide bonds. The lowest BCUT2D eigenvalue weighted by Gasteiger charge is -2.21. The van der Waals surface area contributed by atoms with Crippen LogP contribution in [-0.2, 0) is 0 Å². The number of nitrogens with two attached hydrogens (primary N) is 1. The number of carbonyl (C=O) groups is 1. The van der Waals surface area contributed by atoms with E-state index in [0.717, 1.165) is 0 Å². The van der Waals surface area contributed by atoms with Gasteiger partial charge in [0, 0.05) is 17.9 Å². The fourth-order valence-electron chi connectivity index (χ4n) is 1.91. The molecular weight excluding hydrogens is 323 g/mol. The van der Waals surface area contributed by atoms with E-state index in [-0.39, 0.29) is 15.9 Å². The van der Waals surface area contributed by atoms with Gasteiger partial charge in [-0.3, -0.25) is 4.79 Å². The number of halogens is 2. The number of hydrogen-bond acceptors (Lipinski definition) is 2. The monoisotopic (exact) mass is 336 g/mol. The van der Waals surface area contributed by atoms with Gasteiger partial charge < -0.3 is 10.6 Å². The maximum Gasteiger partial charge on any atom is 0.261 e. The zero-order valence-electron chi connectivity index (χ0n) is 10.9. The molecule has 2 aromatic rings. The molecule has 104 valence electrons. The van der Waals surface area contributed by atoms with Gasteiger partial charge in [0.2, 0.25) is 0 Å². The van der Waals surface area contributed by atoms with E-state index < -0.39 is 5.82 Å². The highest BCUT2D eigenvalue weighted by Gasteiger charge is 2.20. The molecule has 0 fully saturated rings. The summed E-state index contributed by atoms with van der Waals surface area (Å²) in [4.78, 5) is 14.0. The quantitative estimate of drug-likeness (QED) is 0.865. The van der Waals surface area contributed by atoms with Gasteiger partial charge in [-0.05, 0) is 59.3 Å². The number of hydrogen-bond donors (Lipinski definition) is 1. The number of benzene rings is 2. The minimum absolute atomic E-state index is 0.0399. The highest BCUT2D eigenvalue weighted by molar-refractivity contribution is 9.10. The first-order valence-electron chi connectivity index (χ1n) is 6.16. The summed E-state index contributed by atoms with van der Waals surface area (Å²) in [6, 6.07) is 11.6. The minimum atomic E-state index is -0.550. The van der Waals surface area contributed by atoms with Gasteiger partial charge in [0.1, 0.15) is 5.82 Å². The van der Waals surface area contributed by atoms with Crippen LogP contribution in [0.1, 0.15) is 17.3 Å². The minimum Gasteiger partial charge on any atom is -0.399 e. The highest BCUT2D eigenvalue weighted by atomic mass is 79.9. The van der Waals surface area contributed by atoms with Crippen LogP contribution >= 0.6 is 15.9 Å². The molecule has 0 aliphatic rings. The average molecular weight is 337 g/mol. The Kier molecular flexibility index (Phi) is 4.39. The molecule has 2 aromatic carbocycles. The van der Waals surface area contributed by atoms with Crippen LogP contribution in [-0.4, -0.2) is 12.5 Å². The summed E-state index contributed by atoms with van der Waals surface area (Å²) in [5.74, 6) is -0.928. The van der Waals surface area contributed by atoms with Crippen molar-refractivity contribution in [3.8, 4) is 0 Å². The van der Waals surface area contributed by atoms with Crippen molar-refractivity contribution in [2.24, 2.45) is 0 Å². The summed E-state index contributed by atoms with van der Waals surface area (Å²) in [5.41, 5.74) is 6.97. The number of rotatable bonds is 3. The number of nitrogens with zero attached hydrogens (tertiary/aromatic N) is 1. The maximum absolute atomic E-state index is 14.0. The van der Waals surface area contributed by atoms with Crippen molar-refractivity contribution in [3.63, 3.8) is 0 Å². The largest absolute Gasteiger partial charge is 0.399 e. The van der Waals surface area contributed by atoms with Crippen LogP contribution in [0.5, 0.6) is 0 Å². The van der Waals surface area contributed by atoms with Gasteiger partial charge in [0.05, 0.1) is 10.0 Å². The molecule has 0 atom stereocenters. The third kappa shape index (κ3) is 2.82. The summed E-state index contributed by atoms with van der Waals surface area (Å²) in [5, 5.41) is 0. The summed E-state index contributed by atoms with van der Waals surface area (Å²) in [6.45, 7) is 2.28. The number of anilines is 2. The second-order valence-corrected chi connectivity index (χ2v) is 5.10. The van der Waals surface area contributed by atoms with Gasteiger partial charge in [-0.2, -0.15) is 0 Å². The second kappa shape index (κ2) is 6.05. The fraction of sp³-hybridized carbons (Fsp3) is 0.133. The van der Waals surface area contributed by atoms with Crippen LogP contribution in [0.3, 0.4) is 0 Å². The summed E-state index contributed by atoms with van der Waals surface area (Å²) in [6.07, 6.45) is 0. The van der Waals surface area contributed by atoms with Crippen LogP contribution in [0, 0.1) is 5.82 Å². The SMILES string of the molecule is CCN(C(=O)c1cccc(Br)c1F)c1ccc(N)cc1. The van der Waals surface area contributed by atoms with E-state index in [0.29, 0.717) is 17.9 Å². The van der Waals surface area contributed by atoms with E-state index in [1.54, 1.807) is 36.4 Å². The van der Waals surface area contributed by atoms with E-state index in [9.17, 15) is 9.18 Å². The van der Waals surface area contributed by atoms with Crippen molar-refractivity contribution >= 4 is 33.2 Å². The van der Waals surface area contributed by atoms with Gasteiger partial charge in [0.25, 0.3) is 5.91 Å². The van der Waals surface area contributed by atoms with E-state index in [1.807, 2.05) is 6.92 Å². The van der Waals surface area contributed by atoms with Crippen molar-refractivity contribution in [3.05, 3.63) is 58.3 Å². The summed E-state index contributed by atoms with van der Waals surface area (Å²) < 4.78 is 14.3. The molecule has 2 rings (SSSR count). The molecule has 0 unspecified atom stereocenters. The smallest absolute Gasteiger partial charge is 0.261 e. The maximum atomic E-state index is 14.0. The fourth-order valence-corrected chi connectivity index (χ4v) is 2.28. The molecule has 0 heterocycles. The molecule has 0 spiro atoms. The Morgan fingerprint density at radius 1 is 1.25 bits per heavy atom. The first-order valence-corrected chi connectivity index (χ1v) is 6.95. The first kappa shape index (κ1) is 14.5. The lowest BCUT2D eigenvalue weighted by molar-refractivity contribution is 0.0984.